The highest BCUT2D eigenvalue weighted by atomic mass is 16.5. The Labute approximate surface area is 102 Å². The summed E-state index contributed by atoms with van der Waals surface area (Å²) in [5.41, 5.74) is 8.46. The number of nitrogens with two attached hydrogens (primary N) is 1. The van der Waals surface area contributed by atoms with Crippen molar-refractivity contribution in [2.75, 3.05) is 13.1 Å². The number of benzene rings is 1. The lowest BCUT2D eigenvalue weighted by molar-refractivity contribution is -0.104. The van der Waals surface area contributed by atoms with E-state index in [1.54, 1.807) is 0 Å². The van der Waals surface area contributed by atoms with Gasteiger partial charge in [-0.15, -0.1) is 0 Å². The predicted molar refractivity (Wildman–Crippen MR) is 67.6 cm³/mol. The zero-order chi connectivity index (χ0) is 11.7. The van der Waals surface area contributed by atoms with Crippen LogP contribution in [0.15, 0.2) is 24.3 Å². The maximum atomic E-state index is 6.46. The summed E-state index contributed by atoms with van der Waals surface area (Å²) in [7, 11) is 0. The standard InChI is InChI=1S/C14H20N2O/c15-14(17-12-6-9-16-10-7-12)8-5-11-3-1-2-4-13(11)14/h1-4,12,16H,5-10,15H2. The van der Waals surface area contributed by atoms with Crippen molar-refractivity contribution in [1.29, 1.82) is 0 Å². The van der Waals surface area contributed by atoms with E-state index in [1.165, 1.54) is 11.1 Å². The monoisotopic (exact) mass is 232 g/mol. The highest BCUT2D eigenvalue weighted by Crippen LogP contribution is 2.37. The second-order valence-electron chi connectivity index (χ2n) is 5.11. The minimum atomic E-state index is -0.543. The lowest BCUT2D eigenvalue weighted by Gasteiger charge is -2.33. The van der Waals surface area contributed by atoms with E-state index in [0.29, 0.717) is 6.10 Å². The van der Waals surface area contributed by atoms with Crippen molar-refractivity contribution in [2.24, 2.45) is 5.73 Å². The van der Waals surface area contributed by atoms with Gasteiger partial charge in [0.25, 0.3) is 0 Å². The number of rotatable bonds is 2. The second kappa shape index (κ2) is 4.41. The zero-order valence-corrected chi connectivity index (χ0v) is 10.1. The number of hydrogen-bond acceptors (Lipinski definition) is 3. The molecule has 3 rings (SSSR count). The Morgan fingerprint density at radius 1 is 1.24 bits per heavy atom. The van der Waals surface area contributed by atoms with Crippen LogP contribution in [-0.2, 0) is 16.9 Å². The molecule has 0 amide bonds. The van der Waals surface area contributed by atoms with Gasteiger partial charge >= 0.3 is 0 Å². The lowest BCUT2D eigenvalue weighted by Crippen LogP contribution is -2.44. The molecule has 1 aromatic rings. The summed E-state index contributed by atoms with van der Waals surface area (Å²) in [6.07, 6.45) is 4.41. The van der Waals surface area contributed by atoms with Crippen LogP contribution in [0, 0.1) is 0 Å². The van der Waals surface area contributed by atoms with Gasteiger partial charge in [0, 0.05) is 5.56 Å². The van der Waals surface area contributed by atoms with Crippen LogP contribution in [-0.4, -0.2) is 19.2 Å². The molecule has 0 spiro atoms. The quantitative estimate of drug-likeness (QED) is 0.760. The minimum Gasteiger partial charge on any atom is -0.353 e. The van der Waals surface area contributed by atoms with Crippen LogP contribution in [0.5, 0.6) is 0 Å². The number of piperidine rings is 1. The van der Waals surface area contributed by atoms with E-state index in [4.69, 9.17) is 10.5 Å². The first kappa shape index (κ1) is 11.2. The topological polar surface area (TPSA) is 47.3 Å². The normalized spacial score (nSPS) is 29.2. The van der Waals surface area contributed by atoms with Gasteiger partial charge in [0.15, 0.2) is 0 Å². The highest BCUT2D eigenvalue weighted by Gasteiger charge is 2.37. The van der Waals surface area contributed by atoms with Crippen LogP contribution < -0.4 is 11.1 Å². The van der Waals surface area contributed by atoms with Crippen molar-refractivity contribution >= 4 is 0 Å². The van der Waals surface area contributed by atoms with Crippen molar-refractivity contribution < 1.29 is 4.74 Å². The fourth-order valence-corrected chi connectivity index (χ4v) is 2.94. The van der Waals surface area contributed by atoms with E-state index in [1.807, 2.05) is 0 Å². The van der Waals surface area contributed by atoms with Crippen molar-refractivity contribution in [3.63, 3.8) is 0 Å². The van der Waals surface area contributed by atoms with Crippen LogP contribution in [0.2, 0.25) is 0 Å². The van der Waals surface area contributed by atoms with E-state index < -0.39 is 5.72 Å². The third kappa shape index (κ3) is 2.10. The van der Waals surface area contributed by atoms with Crippen LogP contribution >= 0.6 is 0 Å². The molecule has 0 saturated carbocycles. The first-order valence-corrected chi connectivity index (χ1v) is 6.54. The number of nitrogens with one attached hydrogen (secondary N) is 1. The lowest BCUT2D eigenvalue weighted by atomic mass is 10.0. The van der Waals surface area contributed by atoms with Crippen LogP contribution in [0.3, 0.4) is 0 Å². The molecule has 3 nitrogen and oxygen atoms in total. The predicted octanol–water partition coefficient (Wildman–Crippen LogP) is 1.51. The number of fused-ring (bicyclic) bond motifs is 1. The average molecular weight is 232 g/mol. The molecule has 0 aromatic heterocycles. The molecular formula is C14H20N2O. The zero-order valence-electron chi connectivity index (χ0n) is 10.1. The van der Waals surface area contributed by atoms with Crippen molar-refractivity contribution in [2.45, 2.75) is 37.5 Å². The first-order valence-electron chi connectivity index (χ1n) is 6.54. The maximum absolute atomic E-state index is 6.46. The van der Waals surface area contributed by atoms with Gasteiger partial charge in [-0.3, -0.25) is 5.73 Å². The van der Waals surface area contributed by atoms with Crippen LogP contribution in [0.4, 0.5) is 0 Å². The van der Waals surface area contributed by atoms with Crippen molar-refractivity contribution in [3.05, 3.63) is 35.4 Å². The highest BCUT2D eigenvalue weighted by molar-refractivity contribution is 5.36. The Morgan fingerprint density at radius 2 is 2.00 bits per heavy atom. The number of aryl methyl sites for hydroxylation is 1. The molecule has 1 fully saturated rings. The van der Waals surface area contributed by atoms with Gasteiger partial charge < -0.3 is 10.1 Å². The third-order valence-electron chi connectivity index (χ3n) is 3.90. The van der Waals surface area contributed by atoms with Gasteiger partial charge in [-0.1, -0.05) is 24.3 Å². The Balaban J connectivity index is 1.78. The molecule has 1 aromatic carbocycles. The molecule has 3 N–H and O–H groups in total. The summed E-state index contributed by atoms with van der Waals surface area (Å²) in [6.45, 7) is 2.09. The smallest absolute Gasteiger partial charge is 0.143 e. The van der Waals surface area contributed by atoms with Crippen LogP contribution in [0.25, 0.3) is 0 Å². The summed E-state index contributed by atoms with van der Waals surface area (Å²) in [4.78, 5) is 0. The second-order valence-corrected chi connectivity index (χ2v) is 5.11. The summed E-state index contributed by atoms with van der Waals surface area (Å²) in [5.74, 6) is 0. The molecule has 1 aliphatic carbocycles. The van der Waals surface area contributed by atoms with E-state index in [0.717, 1.165) is 38.8 Å². The SMILES string of the molecule is NC1(OC2CCNCC2)CCc2ccccc21. The van der Waals surface area contributed by atoms with Gasteiger partial charge in [-0.2, -0.15) is 0 Å². The summed E-state index contributed by atoms with van der Waals surface area (Å²) < 4.78 is 6.20. The van der Waals surface area contributed by atoms with E-state index >= 15 is 0 Å². The molecule has 1 unspecified atom stereocenters. The summed E-state index contributed by atoms with van der Waals surface area (Å²) >= 11 is 0. The summed E-state index contributed by atoms with van der Waals surface area (Å²) in [6, 6.07) is 8.41. The molecule has 92 valence electrons. The fraction of sp³-hybridized carbons (Fsp3) is 0.571. The molecule has 1 atom stereocenters. The first-order chi connectivity index (χ1) is 8.28. The number of ether oxygens (including phenoxy) is 1. The molecule has 0 radical (unpaired) electrons. The molecule has 0 bridgehead atoms. The molecule has 3 heteroatoms. The molecule has 1 saturated heterocycles. The number of hydrogen-bond donors (Lipinski definition) is 2. The van der Waals surface area contributed by atoms with E-state index in [2.05, 4.69) is 29.6 Å². The average Bonchev–Trinajstić information content (AvgIpc) is 2.69. The molecule has 2 aliphatic rings. The molecule has 1 aliphatic heterocycles. The van der Waals surface area contributed by atoms with Gasteiger partial charge in [0.2, 0.25) is 0 Å². The molecule has 1 heterocycles. The minimum absolute atomic E-state index is 0.312. The van der Waals surface area contributed by atoms with Gasteiger partial charge in [-0.25, -0.2) is 0 Å². The van der Waals surface area contributed by atoms with Crippen molar-refractivity contribution in [1.82, 2.24) is 5.32 Å². The third-order valence-corrected chi connectivity index (χ3v) is 3.90. The Hall–Kier alpha value is -0.900. The van der Waals surface area contributed by atoms with E-state index in [9.17, 15) is 0 Å². The van der Waals surface area contributed by atoms with Crippen molar-refractivity contribution in [3.8, 4) is 0 Å². The molecule has 17 heavy (non-hydrogen) atoms. The fourth-order valence-electron chi connectivity index (χ4n) is 2.94. The van der Waals surface area contributed by atoms with E-state index in [-0.39, 0.29) is 0 Å². The Morgan fingerprint density at radius 3 is 2.82 bits per heavy atom. The Kier molecular flexibility index (Phi) is 2.90. The van der Waals surface area contributed by atoms with Gasteiger partial charge in [0.05, 0.1) is 6.10 Å². The van der Waals surface area contributed by atoms with Gasteiger partial charge in [0.1, 0.15) is 5.72 Å². The van der Waals surface area contributed by atoms with Gasteiger partial charge in [-0.05, 0) is 44.3 Å². The Bertz CT molecular complexity index is 401. The molecular weight excluding hydrogens is 212 g/mol. The van der Waals surface area contributed by atoms with Crippen LogP contribution in [0.1, 0.15) is 30.4 Å². The maximum Gasteiger partial charge on any atom is 0.143 e. The summed E-state index contributed by atoms with van der Waals surface area (Å²) in [5, 5.41) is 3.35. The largest absolute Gasteiger partial charge is 0.353 e.